The summed E-state index contributed by atoms with van der Waals surface area (Å²) in [6, 6.07) is 0.548. The second kappa shape index (κ2) is 6.11. The molecule has 0 unspecified atom stereocenters. The maximum absolute atomic E-state index is 10.8. The van der Waals surface area contributed by atoms with E-state index in [1.54, 1.807) is 6.08 Å². The van der Waals surface area contributed by atoms with Crippen molar-refractivity contribution in [2.75, 3.05) is 11.4 Å². The Labute approximate surface area is 119 Å². The molecule has 0 amide bonds. The van der Waals surface area contributed by atoms with Crippen molar-refractivity contribution in [2.24, 2.45) is 7.05 Å². The molecule has 2 rings (SSSR count). The average molecular weight is 277 g/mol. The van der Waals surface area contributed by atoms with Crippen molar-refractivity contribution in [2.45, 2.75) is 45.6 Å². The molecule has 0 saturated heterocycles. The van der Waals surface area contributed by atoms with Gasteiger partial charge in [0, 0.05) is 31.3 Å². The predicted octanol–water partition coefficient (Wildman–Crippen LogP) is 2.60. The fourth-order valence-corrected chi connectivity index (χ4v) is 3.15. The second-order valence-corrected chi connectivity index (χ2v) is 5.34. The maximum Gasteiger partial charge on any atom is 0.328 e. The minimum atomic E-state index is -0.928. The molecule has 1 aliphatic rings. The molecule has 1 saturated carbocycles. The zero-order valence-electron chi connectivity index (χ0n) is 12.5. The summed E-state index contributed by atoms with van der Waals surface area (Å²) in [6.07, 6.45) is 7.82. The number of hydrogen-bond acceptors (Lipinski definition) is 3. The van der Waals surface area contributed by atoms with Crippen molar-refractivity contribution in [3.63, 3.8) is 0 Å². The highest BCUT2D eigenvalue weighted by Gasteiger charge is 2.26. The highest BCUT2D eigenvalue weighted by molar-refractivity contribution is 5.87. The van der Waals surface area contributed by atoms with Gasteiger partial charge in [-0.2, -0.15) is 5.10 Å². The van der Waals surface area contributed by atoms with Gasteiger partial charge in [0.2, 0.25) is 0 Å². The Morgan fingerprint density at radius 3 is 2.70 bits per heavy atom. The van der Waals surface area contributed by atoms with Crippen molar-refractivity contribution in [1.29, 1.82) is 0 Å². The summed E-state index contributed by atoms with van der Waals surface area (Å²) >= 11 is 0. The number of carbonyl (C=O) groups is 1. The van der Waals surface area contributed by atoms with Crippen molar-refractivity contribution in [3.8, 4) is 0 Å². The van der Waals surface area contributed by atoms with Crippen LogP contribution >= 0.6 is 0 Å². The van der Waals surface area contributed by atoms with Gasteiger partial charge in [-0.15, -0.1) is 0 Å². The third-order valence-corrected chi connectivity index (χ3v) is 4.01. The lowest BCUT2D eigenvalue weighted by Gasteiger charge is -2.30. The summed E-state index contributed by atoms with van der Waals surface area (Å²) in [5, 5.41) is 13.3. The first-order chi connectivity index (χ1) is 9.54. The molecule has 1 aromatic rings. The number of aryl methyl sites for hydroxylation is 2. The van der Waals surface area contributed by atoms with Gasteiger partial charge in [0.25, 0.3) is 0 Å². The summed E-state index contributed by atoms with van der Waals surface area (Å²) in [6.45, 7) is 4.98. The molecule has 1 heterocycles. The first-order valence-electron chi connectivity index (χ1n) is 7.25. The van der Waals surface area contributed by atoms with E-state index in [9.17, 15) is 4.79 Å². The number of nitrogens with zero attached hydrogens (tertiary/aromatic N) is 3. The van der Waals surface area contributed by atoms with E-state index in [1.165, 1.54) is 31.8 Å². The van der Waals surface area contributed by atoms with Crippen LogP contribution in [0.1, 0.15) is 43.9 Å². The van der Waals surface area contributed by atoms with Crippen LogP contribution in [0.5, 0.6) is 0 Å². The van der Waals surface area contributed by atoms with Crippen LogP contribution in [0, 0.1) is 6.92 Å². The third kappa shape index (κ3) is 2.86. The Hall–Kier alpha value is -1.78. The molecule has 0 aliphatic heterocycles. The van der Waals surface area contributed by atoms with Gasteiger partial charge in [0.05, 0.1) is 5.69 Å². The van der Waals surface area contributed by atoms with Crippen LogP contribution < -0.4 is 4.90 Å². The smallest absolute Gasteiger partial charge is 0.328 e. The molecule has 0 spiro atoms. The monoisotopic (exact) mass is 277 g/mol. The Kier molecular flexibility index (Phi) is 4.47. The van der Waals surface area contributed by atoms with E-state index < -0.39 is 5.97 Å². The third-order valence-electron chi connectivity index (χ3n) is 4.01. The second-order valence-electron chi connectivity index (χ2n) is 5.34. The number of aliphatic carboxylic acids is 1. The summed E-state index contributed by atoms with van der Waals surface area (Å²) in [4.78, 5) is 13.1. The molecule has 1 fully saturated rings. The normalized spacial score (nSPS) is 16.1. The van der Waals surface area contributed by atoms with E-state index in [2.05, 4.69) is 16.9 Å². The molecular formula is C15H23N3O2. The highest BCUT2D eigenvalue weighted by Crippen LogP contribution is 2.32. The van der Waals surface area contributed by atoms with E-state index in [0.717, 1.165) is 23.6 Å². The number of anilines is 1. The van der Waals surface area contributed by atoms with E-state index in [1.807, 2.05) is 18.7 Å². The van der Waals surface area contributed by atoms with Crippen molar-refractivity contribution in [3.05, 3.63) is 17.3 Å². The van der Waals surface area contributed by atoms with Crippen LogP contribution in [0.15, 0.2) is 6.08 Å². The lowest BCUT2D eigenvalue weighted by molar-refractivity contribution is -0.131. The summed E-state index contributed by atoms with van der Waals surface area (Å²) in [5.74, 6) is 0.109. The Morgan fingerprint density at radius 1 is 1.50 bits per heavy atom. The van der Waals surface area contributed by atoms with E-state index >= 15 is 0 Å². The molecule has 0 radical (unpaired) electrons. The topological polar surface area (TPSA) is 58.4 Å². The summed E-state index contributed by atoms with van der Waals surface area (Å²) < 4.78 is 1.87. The molecule has 5 heteroatoms. The van der Waals surface area contributed by atoms with Gasteiger partial charge in [-0.05, 0) is 32.8 Å². The molecule has 0 atom stereocenters. The minimum absolute atomic E-state index is 0.548. The SMILES string of the molecule is CCN(c1c(/C=C/C(=O)O)c(C)nn1C)C1CCCC1. The zero-order chi connectivity index (χ0) is 14.7. The lowest BCUT2D eigenvalue weighted by Crippen LogP contribution is -2.35. The maximum atomic E-state index is 10.8. The zero-order valence-corrected chi connectivity index (χ0v) is 12.5. The molecule has 1 N–H and O–H groups in total. The average Bonchev–Trinajstić information content (AvgIpc) is 2.99. The molecule has 5 nitrogen and oxygen atoms in total. The lowest BCUT2D eigenvalue weighted by atomic mass is 10.1. The van der Waals surface area contributed by atoms with Gasteiger partial charge in [0.15, 0.2) is 0 Å². The molecule has 20 heavy (non-hydrogen) atoms. The first kappa shape index (κ1) is 14.6. The van der Waals surface area contributed by atoms with Gasteiger partial charge in [-0.3, -0.25) is 4.68 Å². The van der Waals surface area contributed by atoms with E-state index in [4.69, 9.17) is 5.11 Å². The summed E-state index contributed by atoms with van der Waals surface area (Å²) in [5.41, 5.74) is 1.79. The van der Waals surface area contributed by atoms with Crippen LogP contribution in [-0.2, 0) is 11.8 Å². The van der Waals surface area contributed by atoms with Gasteiger partial charge in [-0.1, -0.05) is 12.8 Å². The van der Waals surface area contributed by atoms with Crippen molar-refractivity contribution < 1.29 is 9.90 Å². The van der Waals surface area contributed by atoms with Crippen molar-refractivity contribution >= 4 is 17.9 Å². The van der Waals surface area contributed by atoms with Crippen LogP contribution in [0.4, 0.5) is 5.82 Å². The standard InChI is InChI=1S/C15H23N3O2/c1-4-18(12-7-5-6-8-12)15-13(9-10-14(19)20)11(2)16-17(15)3/h9-10,12H,4-8H2,1-3H3,(H,19,20)/b10-9+. The molecule has 110 valence electrons. The van der Waals surface area contributed by atoms with Crippen LogP contribution in [0.2, 0.25) is 0 Å². The van der Waals surface area contributed by atoms with Gasteiger partial charge in [-0.25, -0.2) is 4.79 Å². The quantitative estimate of drug-likeness (QED) is 0.840. The Balaban J connectivity index is 2.40. The van der Waals surface area contributed by atoms with Gasteiger partial charge < -0.3 is 10.0 Å². The predicted molar refractivity (Wildman–Crippen MR) is 79.9 cm³/mol. The number of carboxylic acid groups (broad SMARTS) is 1. The molecule has 1 aromatic heterocycles. The Morgan fingerprint density at radius 2 is 2.15 bits per heavy atom. The number of aromatic nitrogens is 2. The van der Waals surface area contributed by atoms with Gasteiger partial charge >= 0.3 is 5.97 Å². The van der Waals surface area contributed by atoms with Crippen molar-refractivity contribution in [1.82, 2.24) is 9.78 Å². The fraction of sp³-hybridized carbons (Fsp3) is 0.600. The minimum Gasteiger partial charge on any atom is -0.478 e. The molecule has 1 aliphatic carbocycles. The van der Waals surface area contributed by atoms with E-state index in [-0.39, 0.29) is 0 Å². The number of rotatable bonds is 5. The first-order valence-corrected chi connectivity index (χ1v) is 7.25. The summed E-state index contributed by atoms with van der Waals surface area (Å²) in [7, 11) is 1.93. The van der Waals surface area contributed by atoms with Gasteiger partial charge in [0.1, 0.15) is 5.82 Å². The number of carboxylic acids is 1. The van der Waals surface area contributed by atoms with Crippen LogP contribution in [0.3, 0.4) is 0 Å². The molecule has 0 bridgehead atoms. The Bertz CT molecular complexity index is 513. The van der Waals surface area contributed by atoms with Crippen LogP contribution in [0.25, 0.3) is 6.08 Å². The highest BCUT2D eigenvalue weighted by atomic mass is 16.4. The molecule has 0 aromatic carbocycles. The van der Waals surface area contributed by atoms with Crippen LogP contribution in [-0.4, -0.2) is 33.4 Å². The number of hydrogen-bond donors (Lipinski definition) is 1. The molecular weight excluding hydrogens is 254 g/mol. The van der Waals surface area contributed by atoms with E-state index in [0.29, 0.717) is 6.04 Å². The largest absolute Gasteiger partial charge is 0.478 e. The fourth-order valence-electron chi connectivity index (χ4n) is 3.15.